The van der Waals surface area contributed by atoms with Crippen molar-refractivity contribution in [3.05, 3.63) is 0 Å². The molecule has 1 aliphatic rings. The number of rotatable bonds is 5. The summed E-state index contributed by atoms with van der Waals surface area (Å²) in [5.41, 5.74) is 0. The Morgan fingerprint density at radius 2 is 2.00 bits per heavy atom. The fourth-order valence-corrected chi connectivity index (χ4v) is 1.67. The fraction of sp³-hybridized carbons (Fsp3) is 1.00. The van der Waals surface area contributed by atoms with Crippen LogP contribution in [0.3, 0.4) is 0 Å². The van der Waals surface area contributed by atoms with Gasteiger partial charge in [0.15, 0.2) is 0 Å². The monoisotopic (exact) mass is 188 g/mol. The molecule has 2 atom stereocenters. The molecule has 0 radical (unpaired) electrons. The van der Waals surface area contributed by atoms with E-state index in [0.29, 0.717) is 13.2 Å². The number of ether oxygens (including phenoxy) is 2. The zero-order valence-electron chi connectivity index (χ0n) is 8.37. The van der Waals surface area contributed by atoms with Gasteiger partial charge in [0.25, 0.3) is 0 Å². The molecule has 13 heavy (non-hydrogen) atoms. The maximum atomic E-state index is 9.56. The molecule has 0 bridgehead atoms. The van der Waals surface area contributed by atoms with Gasteiger partial charge in [0.05, 0.1) is 25.4 Å². The van der Waals surface area contributed by atoms with E-state index in [2.05, 4.69) is 0 Å². The van der Waals surface area contributed by atoms with Gasteiger partial charge in [0.2, 0.25) is 0 Å². The zero-order chi connectivity index (χ0) is 9.52. The molecule has 1 fully saturated rings. The Morgan fingerprint density at radius 3 is 2.69 bits per heavy atom. The summed E-state index contributed by atoms with van der Waals surface area (Å²) in [6, 6.07) is 0. The lowest BCUT2D eigenvalue weighted by Crippen LogP contribution is -2.33. The summed E-state index contributed by atoms with van der Waals surface area (Å²) in [6.45, 7) is 3.95. The Balaban J connectivity index is 2.05. The molecule has 0 aromatic heterocycles. The molecule has 1 aliphatic carbocycles. The van der Waals surface area contributed by atoms with Gasteiger partial charge in [-0.05, 0) is 19.8 Å². The first-order chi connectivity index (χ1) is 6.34. The summed E-state index contributed by atoms with van der Waals surface area (Å²) >= 11 is 0. The molecule has 1 N–H and O–H groups in total. The molecule has 0 spiro atoms. The second-order valence-corrected chi connectivity index (χ2v) is 3.46. The van der Waals surface area contributed by atoms with E-state index in [-0.39, 0.29) is 12.2 Å². The fourth-order valence-electron chi connectivity index (χ4n) is 1.67. The topological polar surface area (TPSA) is 38.7 Å². The van der Waals surface area contributed by atoms with Crippen LogP contribution < -0.4 is 0 Å². The summed E-state index contributed by atoms with van der Waals surface area (Å²) < 4.78 is 10.7. The minimum atomic E-state index is -0.254. The molecule has 2 unspecified atom stereocenters. The van der Waals surface area contributed by atoms with Crippen molar-refractivity contribution >= 4 is 0 Å². The van der Waals surface area contributed by atoms with Crippen LogP contribution in [-0.2, 0) is 9.47 Å². The van der Waals surface area contributed by atoms with Gasteiger partial charge in [-0.3, -0.25) is 0 Å². The zero-order valence-corrected chi connectivity index (χ0v) is 8.37. The molecule has 3 nitrogen and oxygen atoms in total. The number of hydrogen-bond donors (Lipinski definition) is 1. The van der Waals surface area contributed by atoms with Crippen molar-refractivity contribution in [3.8, 4) is 0 Å². The molecule has 1 saturated carbocycles. The smallest absolute Gasteiger partial charge is 0.0835 e. The third kappa shape index (κ3) is 4.07. The highest BCUT2D eigenvalue weighted by Gasteiger charge is 2.23. The van der Waals surface area contributed by atoms with Crippen LogP contribution in [0.1, 0.15) is 32.6 Å². The summed E-state index contributed by atoms with van der Waals surface area (Å²) in [7, 11) is 0. The van der Waals surface area contributed by atoms with Gasteiger partial charge in [0.1, 0.15) is 0 Å². The highest BCUT2D eigenvalue weighted by molar-refractivity contribution is 4.74. The van der Waals surface area contributed by atoms with E-state index < -0.39 is 0 Å². The highest BCUT2D eigenvalue weighted by atomic mass is 16.5. The molecule has 0 amide bonds. The summed E-state index contributed by atoms with van der Waals surface area (Å²) in [5, 5.41) is 9.56. The van der Waals surface area contributed by atoms with E-state index in [1.54, 1.807) is 0 Å². The molecule has 0 saturated heterocycles. The largest absolute Gasteiger partial charge is 0.390 e. The molecular formula is C10H20O3. The average Bonchev–Trinajstić information content (AvgIpc) is 2.15. The molecular weight excluding hydrogens is 168 g/mol. The first kappa shape index (κ1) is 11.0. The van der Waals surface area contributed by atoms with Crippen molar-refractivity contribution in [2.24, 2.45) is 0 Å². The van der Waals surface area contributed by atoms with Crippen molar-refractivity contribution in [2.45, 2.75) is 44.8 Å². The average molecular weight is 188 g/mol. The van der Waals surface area contributed by atoms with Gasteiger partial charge >= 0.3 is 0 Å². The first-order valence-electron chi connectivity index (χ1n) is 5.22. The lowest BCUT2D eigenvalue weighted by molar-refractivity contribution is -0.0726. The number of aliphatic hydroxyl groups is 1. The third-order valence-corrected chi connectivity index (χ3v) is 2.43. The molecule has 0 aromatic rings. The maximum absolute atomic E-state index is 9.56. The van der Waals surface area contributed by atoms with Crippen LogP contribution in [0.15, 0.2) is 0 Å². The van der Waals surface area contributed by atoms with E-state index in [4.69, 9.17) is 9.47 Å². The van der Waals surface area contributed by atoms with Gasteiger partial charge in [-0.25, -0.2) is 0 Å². The Hall–Kier alpha value is -0.120. The molecule has 0 aromatic carbocycles. The van der Waals surface area contributed by atoms with Gasteiger partial charge in [-0.15, -0.1) is 0 Å². The number of aliphatic hydroxyl groups excluding tert-OH is 1. The van der Waals surface area contributed by atoms with Gasteiger partial charge in [0, 0.05) is 6.61 Å². The molecule has 78 valence electrons. The Labute approximate surface area is 80.0 Å². The van der Waals surface area contributed by atoms with Crippen LogP contribution in [0, 0.1) is 0 Å². The van der Waals surface area contributed by atoms with Crippen LogP contribution in [-0.4, -0.2) is 37.1 Å². The Bertz CT molecular complexity index is 127. The summed E-state index contributed by atoms with van der Waals surface area (Å²) in [4.78, 5) is 0. The molecule has 0 aliphatic heterocycles. The van der Waals surface area contributed by atoms with Gasteiger partial charge in [-0.2, -0.15) is 0 Å². The van der Waals surface area contributed by atoms with Crippen molar-refractivity contribution in [1.82, 2.24) is 0 Å². The first-order valence-corrected chi connectivity index (χ1v) is 5.22. The SMILES string of the molecule is CCOCCOC1CCCCC1O. The highest BCUT2D eigenvalue weighted by Crippen LogP contribution is 2.20. The van der Waals surface area contributed by atoms with Crippen LogP contribution >= 0.6 is 0 Å². The normalized spacial score (nSPS) is 29.1. The van der Waals surface area contributed by atoms with Crippen molar-refractivity contribution < 1.29 is 14.6 Å². The minimum absolute atomic E-state index is 0.0502. The van der Waals surface area contributed by atoms with Gasteiger partial charge in [-0.1, -0.05) is 12.8 Å². The predicted molar refractivity (Wildman–Crippen MR) is 50.7 cm³/mol. The van der Waals surface area contributed by atoms with E-state index in [0.717, 1.165) is 25.9 Å². The van der Waals surface area contributed by atoms with Crippen LogP contribution in [0.4, 0.5) is 0 Å². The predicted octanol–water partition coefficient (Wildman–Crippen LogP) is 1.34. The molecule has 1 rings (SSSR count). The van der Waals surface area contributed by atoms with E-state index in [1.165, 1.54) is 6.42 Å². The van der Waals surface area contributed by atoms with Crippen molar-refractivity contribution in [2.75, 3.05) is 19.8 Å². The molecule has 0 heterocycles. The van der Waals surface area contributed by atoms with E-state index >= 15 is 0 Å². The number of hydrogen-bond acceptors (Lipinski definition) is 3. The van der Waals surface area contributed by atoms with Crippen molar-refractivity contribution in [3.63, 3.8) is 0 Å². The standard InChI is InChI=1S/C10H20O3/c1-2-12-7-8-13-10-6-4-3-5-9(10)11/h9-11H,2-8H2,1H3. The third-order valence-electron chi connectivity index (χ3n) is 2.43. The quantitative estimate of drug-likeness (QED) is 0.662. The van der Waals surface area contributed by atoms with Gasteiger partial charge < -0.3 is 14.6 Å². The van der Waals surface area contributed by atoms with E-state index in [9.17, 15) is 5.11 Å². The second-order valence-electron chi connectivity index (χ2n) is 3.46. The van der Waals surface area contributed by atoms with Crippen LogP contribution in [0.5, 0.6) is 0 Å². The van der Waals surface area contributed by atoms with E-state index in [1.807, 2.05) is 6.92 Å². The van der Waals surface area contributed by atoms with Crippen LogP contribution in [0.2, 0.25) is 0 Å². The minimum Gasteiger partial charge on any atom is -0.390 e. The maximum Gasteiger partial charge on any atom is 0.0835 e. The van der Waals surface area contributed by atoms with Crippen LogP contribution in [0.25, 0.3) is 0 Å². The second kappa shape index (κ2) is 6.35. The summed E-state index contributed by atoms with van der Waals surface area (Å²) in [6.07, 6.45) is 3.99. The molecule has 3 heteroatoms. The Morgan fingerprint density at radius 1 is 1.23 bits per heavy atom. The summed E-state index contributed by atoms with van der Waals surface area (Å²) in [5.74, 6) is 0. The lowest BCUT2D eigenvalue weighted by atomic mass is 9.95. The van der Waals surface area contributed by atoms with Crippen molar-refractivity contribution in [1.29, 1.82) is 0 Å². The Kier molecular flexibility index (Phi) is 5.35. The lowest BCUT2D eigenvalue weighted by Gasteiger charge is -2.27.